The summed E-state index contributed by atoms with van der Waals surface area (Å²) < 4.78 is 17.8. The van der Waals surface area contributed by atoms with E-state index >= 15 is 0 Å². The molecule has 2 aromatic rings. The number of anilines is 1. The highest BCUT2D eigenvalue weighted by Gasteiger charge is 2.35. The lowest BCUT2D eigenvalue weighted by molar-refractivity contribution is -0.0407. The van der Waals surface area contributed by atoms with E-state index in [1.807, 2.05) is 30.3 Å². The third-order valence-corrected chi connectivity index (χ3v) is 6.35. The number of ether oxygens (including phenoxy) is 3. The minimum Gasteiger partial charge on any atom is -0.508 e. The topological polar surface area (TPSA) is 91.7 Å². The zero-order valence-corrected chi connectivity index (χ0v) is 18.9. The summed E-state index contributed by atoms with van der Waals surface area (Å²) in [5.74, 6) is 1.09. The van der Waals surface area contributed by atoms with Gasteiger partial charge in [0.05, 0.1) is 31.5 Å². The van der Waals surface area contributed by atoms with Crippen LogP contribution in [-0.4, -0.2) is 79.9 Å². The molecule has 8 nitrogen and oxygen atoms in total. The lowest BCUT2D eigenvalue weighted by Crippen LogP contribution is -2.49. The normalized spacial score (nSPS) is 22.5. The fourth-order valence-electron chi connectivity index (χ4n) is 4.67. The second kappa shape index (κ2) is 10.8. The molecule has 0 radical (unpaired) electrons. The summed E-state index contributed by atoms with van der Waals surface area (Å²) in [6, 6.07) is 15.1. The van der Waals surface area contributed by atoms with Crippen molar-refractivity contribution in [2.75, 3.05) is 51.4 Å². The fourth-order valence-corrected chi connectivity index (χ4v) is 4.67. The van der Waals surface area contributed by atoms with Crippen LogP contribution in [0.1, 0.15) is 24.3 Å². The molecule has 1 fully saturated rings. The number of piperidine rings is 1. The minimum absolute atomic E-state index is 0.0508. The first-order valence-electron chi connectivity index (χ1n) is 11.4. The lowest BCUT2D eigenvalue weighted by Gasteiger charge is -2.40. The number of hydrogen-bond donors (Lipinski definition) is 2. The van der Waals surface area contributed by atoms with E-state index in [0.717, 1.165) is 30.0 Å². The van der Waals surface area contributed by atoms with Gasteiger partial charge in [-0.1, -0.05) is 24.3 Å². The second-order valence-corrected chi connectivity index (χ2v) is 8.59. The number of methoxy groups -OCH3 is 1. The Bertz CT molecular complexity index is 921. The van der Waals surface area contributed by atoms with E-state index in [1.165, 1.54) is 4.90 Å². The average Bonchev–Trinajstić information content (AvgIpc) is 2.83. The van der Waals surface area contributed by atoms with Gasteiger partial charge in [0.1, 0.15) is 17.6 Å². The number of phenols is 1. The van der Waals surface area contributed by atoms with Crippen molar-refractivity contribution in [3.8, 4) is 11.5 Å². The third-order valence-electron chi connectivity index (χ3n) is 6.35. The fraction of sp³-hybridized carbons (Fsp3) is 0.480. The maximum absolute atomic E-state index is 11.6. The second-order valence-electron chi connectivity index (χ2n) is 8.59. The van der Waals surface area contributed by atoms with Gasteiger partial charge in [0, 0.05) is 32.7 Å². The Hall–Kier alpha value is -2.97. The monoisotopic (exact) mass is 456 g/mol. The molecule has 1 amide bonds. The van der Waals surface area contributed by atoms with Crippen LogP contribution in [0.5, 0.6) is 11.5 Å². The van der Waals surface area contributed by atoms with Crippen molar-refractivity contribution in [1.29, 1.82) is 0 Å². The molecular weight excluding hydrogens is 424 g/mol. The van der Waals surface area contributed by atoms with Crippen molar-refractivity contribution in [3.05, 3.63) is 54.1 Å². The smallest absolute Gasteiger partial charge is 0.407 e. The summed E-state index contributed by atoms with van der Waals surface area (Å²) in [5.41, 5.74) is 2.11. The maximum atomic E-state index is 11.6. The van der Waals surface area contributed by atoms with Crippen molar-refractivity contribution in [3.63, 3.8) is 0 Å². The highest BCUT2D eigenvalue weighted by atomic mass is 16.5. The molecule has 4 rings (SSSR count). The van der Waals surface area contributed by atoms with Gasteiger partial charge >= 0.3 is 6.09 Å². The van der Waals surface area contributed by atoms with Gasteiger partial charge < -0.3 is 34.2 Å². The molecule has 2 aromatic carbocycles. The molecule has 178 valence electrons. The van der Waals surface area contributed by atoms with Crippen LogP contribution < -0.4 is 9.64 Å². The van der Waals surface area contributed by atoms with Gasteiger partial charge in [-0.05, 0) is 42.7 Å². The van der Waals surface area contributed by atoms with E-state index in [9.17, 15) is 15.0 Å². The maximum Gasteiger partial charge on any atom is 0.407 e. The minimum atomic E-state index is -0.931. The first-order valence-corrected chi connectivity index (χ1v) is 11.4. The Labute approximate surface area is 194 Å². The number of aromatic hydroxyl groups is 1. The van der Waals surface area contributed by atoms with E-state index in [0.29, 0.717) is 39.3 Å². The van der Waals surface area contributed by atoms with Crippen LogP contribution >= 0.6 is 0 Å². The lowest BCUT2D eigenvalue weighted by atomic mass is 9.87. The number of hydrogen-bond acceptors (Lipinski definition) is 6. The molecule has 2 N–H and O–H groups in total. The predicted octanol–water partition coefficient (Wildman–Crippen LogP) is 3.55. The summed E-state index contributed by atoms with van der Waals surface area (Å²) in [7, 11) is 1.71. The summed E-state index contributed by atoms with van der Waals surface area (Å²) in [5, 5.41) is 19.2. The van der Waals surface area contributed by atoms with Crippen LogP contribution in [0, 0.1) is 0 Å². The Morgan fingerprint density at radius 3 is 2.70 bits per heavy atom. The number of amides is 1. The molecule has 1 saturated heterocycles. The van der Waals surface area contributed by atoms with E-state index in [1.54, 1.807) is 19.2 Å². The van der Waals surface area contributed by atoms with Crippen molar-refractivity contribution in [2.24, 2.45) is 0 Å². The van der Waals surface area contributed by atoms with Crippen LogP contribution in [0.15, 0.2) is 48.5 Å². The Balaban J connectivity index is 1.45. The standard InChI is InChI=1S/C25H32N2O6/c1-31-14-4-12-26-15-20(33-23-6-3-2-5-22(23)26)17-32-24-16-27(25(29)30)13-11-21(24)18-7-9-19(28)10-8-18/h2-3,5-10,20-21,24,28H,4,11-17H2,1H3,(H,29,30). The van der Waals surface area contributed by atoms with E-state index in [4.69, 9.17) is 14.2 Å². The molecular formula is C25H32N2O6. The number of para-hydroxylation sites is 2. The van der Waals surface area contributed by atoms with Crippen LogP contribution in [0.25, 0.3) is 0 Å². The first-order chi connectivity index (χ1) is 16.0. The highest BCUT2D eigenvalue weighted by Crippen LogP contribution is 2.35. The van der Waals surface area contributed by atoms with Crippen molar-refractivity contribution < 1.29 is 29.2 Å². The van der Waals surface area contributed by atoms with Gasteiger partial charge in [0.25, 0.3) is 0 Å². The summed E-state index contributed by atoms with van der Waals surface area (Å²) in [6.07, 6.45) is 0.196. The number of nitrogens with zero attached hydrogens (tertiary/aromatic N) is 2. The first kappa shape index (κ1) is 23.2. The number of carbonyl (C=O) groups is 1. The molecule has 2 aliphatic heterocycles. The highest BCUT2D eigenvalue weighted by molar-refractivity contribution is 5.65. The average molecular weight is 457 g/mol. The number of benzene rings is 2. The number of fused-ring (bicyclic) bond motifs is 1. The summed E-state index contributed by atoms with van der Waals surface area (Å²) >= 11 is 0. The quantitative estimate of drug-likeness (QED) is 0.587. The Morgan fingerprint density at radius 1 is 1.15 bits per heavy atom. The molecule has 2 heterocycles. The Morgan fingerprint density at radius 2 is 1.94 bits per heavy atom. The molecule has 0 bridgehead atoms. The largest absolute Gasteiger partial charge is 0.508 e. The van der Waals surface area contributed by atoms with Gasteiger partial charge in [0.15, 0.2) is 0 Å². The van der Waals surface area contributed by atoms with Crippen LogP contribution in [0.4, 0.5) is 10.5 Å². The molecule has 0 spiro atoms. The number of likely N-dealkylation sites (tertiary alicyclic amines) is 1. The SMILES string of the molecule is COCCCN1CC(COC2CN(C(=O)O)CCC2c2ccc(O)cc2)Oc2ccccc21. The Kier molecular flexibility index (Phi) is 7.57. The molecule has 0 aliphatic carbocycles. The molecule has 0 aromatic heterocycles. The molecule has 2 aliphatic rings. The molecule has 8 heteroatoms. The van der Waals surface area contributed by atoms with E-state index in [-0.39, 0.29) is 23.9 Å². The zero-order chi connectivity index (χ0) is 23.2. The zero-order valence-electron chi connectivity index (χ0n) is 18.9. The van der Waals surface area contributed by atoms with Crippen LogP contribution in [0.3, 0.4) is 0 Å². The van der Waals surface area contributed by atoms with Crippen molar-refractivity contribution in [1.82, 2.24) is 4.90 Å². The van der Waals surface area contributed by atoms with Gasteiger partial charge in [0.2, 0.25) is 0 Å². The van der Waals surface area contributed by atoms with Crippen molar-refractivity contribution >= 4 is 11.8 Å². The van der Waals surface area contributed by atoms with Gasteiger partial charge in [-0.2, -0.15) is 0 Å². The van der Waals surface area contributed by atoms with Crippen LogP contribution in [0.2, 0.25) is 0 Å². The van der Waals surface area contributed by atoms with E-state index < -0.39 is 6.09 Å². The summed E-state index contributed by atoms with van der Waals surface area (Å²) in [4.78, 5) is 15.3. The molecule has 0 saturated carbocycles. The van der Waals surface area contributed by atoms with Gasteiger partial charge in [-0.3, -0.25) is 0 Å². The van der Waals surface area contributed by atoms with Crippen molar-refractivity contribution in [2.45, 2.75) is 31.0 Å². The van der Waals surface area contributed by atoms with Gasteiger partial charge in [-0.15, -0.1) is 0 Å². The molecule has 3 atom stereocenters. The molecule has 33 heavy (non-hydrogen) atoms. The molecule has 3 unspecified atom stereocenters. The van der Waals surface area contributed by atoms with Crippen LogP contribution in [-0.2, 0) is 9.47 Å². The van der Waals surface area contributed by atoms with Gasteiger partial charge in [-0.25, -0.2) is 4.79 Å². The van der Waals surface area contributed by atoms with E-state index in [2.05, 4.69) is 11.0 Å². The third kappa shape index (κ3) is 5.69. The summed E-state index contributed by atoms with van der Waals surface area (Å²) in [6.45, 7) is 3.38. The number of phenolic OH excluding ortho intramolecular Hbond substituents is 1. The predicted molar refractivity (Wildman–Crippen MR) is 124 cm³/mol. The number of rotatable bonds is 8. The number of carboxylic acid groups (broad SMARTS) is 1.